The first-order valence-electron chi connectivity index (χ1n) is 3.62. The van der Waals surface area contributed by atoms with Crippen molar-refractivity contribution in [3.63, 3.8) is 0 Å². The molecular weight excluding hydrogens is 192 g/mol. The normalized spacial score (nSPS) is 10.6. The molecule has 0 aromatic carbocycles. The van der Waals surface area contributed by atoms with Crippen molar-refractivity contribution < 1.29 is 14.0 Å². The standard InChI is InChI=1S/C9H7ClO3/c1-2-3-6-4-5-7(13-6)8(11)9(10)12/h2-5H,1H3/b3-2-. The fourth-order valence-electron chi connectivity index (χ4n) is 0.826. The van der Waals surface area contributed by atoms with Crippen molar-refractivity contribution in [2.75, 3.05) is 0 Å². The summed E-state index contributed by atoms with van der Waals surface area (Å²) in [7, 11) is 0. The summed E-state index contributed by atoms with van der Waals surface area (Å²) in [5.41, 5.74) is 0. The number of ketones is 1. The summed E-state index contributed by atoms with van der Waals surface area (Å²) < 4.78 is 5.01. The number of allylic oxidation sites excluding steroid dienone is 1. The molecule has 0 bridgehead atoms. The van der Waals surface area contributed by atoms with Gasteiger partial charge in [-0.3, -0.25) is 9.59 Å². The van der Waals surface area contributed by atoms with Gasteiger partial charge in [0.2, 0.25) is 0 Å². The Morgan fingerprint density at radius 1 is 1.46 bits per heavy atom. The third-order valence-corrected chi connectivity index (χ3v) is 1.53. The molecule has 13 heavy (non-hydrogen) atoms. The third-order valence-electron chi connectivity index (χ3n) is 1.36. The second-order valence-corrected chi connectivity index (χ2v) is 2.65. The van der Waals surface area contributed by atoms with E-state index >= 15 is 0 Å². The Hall–Kier alpha value is -1.35. The summed E-state index contributed by atoms with van der Waals surface area (Å²) in [4.78, 5) is 21.4. The lowest BCUT2D eigenvalue weighted by Crippen LogP contribution is -2.05. The average Bonchev–Trinajstić information content (AvgIpc) is 2.52. The SMILES string of the molecule is C/C=C\c1ccc(C(=O)C(=O)Cl)o1. The molecule has 0 fully saturated rings. The van der Waals surface area contributed by atoms with Crippen LogP contribution in [-0.4, -0.2) is 11.0 Å². The van der Waals surface area contributed by atoms with Crippen LogP contribution in [0, 0.1) is 0 Å². The van der Waals surface area contributed by atoms with Crippen molar-refractivity contribution in [3.8, 4) is 0 Å². The summed E-state index contributed by atoms with van der Waals surface area (Å²) in [6.07, 6.45) is 3.44. The van der Waals surface area contributed by atoms with Crippen molar-refractivity contribution in [2.45, 2.75) is 6.92 Å². The van der Waals surface area contributed by atoms with E-state index in [2.05, 4.69) is 0 Å². The Bertz CT molecular complexity index is 363. The summed E-state index contributed by atoms with van der Waals surface area (Å²) >= 11 is 4.98. The minimum Gasteiger partial charge on any atom is -0.453 e. The van der Waals surface area contributed by atoms with Crippen LogP contribution >= 0.6 is 11.6 Å². The van der Waals surface area contributed by atoms with Crippen LogP contribution in [0.15, 0.2) is 22.6 Å². The first-order valence-corrected chi connectivity index (χ1v) is 3.99. The number of hydrogen-bond acceptors (Lipinski definition) is 3. The van der Waals surface area contributed by atoms with Crippen molar-refractivity contribution in [1.29, 1.82) is 0 Å². The zero-order valence-corrected chi connectivity index (χ0v) is 7.67. The molecule has 1 rings (SSSR count). The molecule has 0 saturated heterocycles. The highest BCUT2D eigenvalue weighted by Crippen LogP contribution is 2.11. The molecule has 0 N–H and O–H groups in total. The van der Waals surface area contributed by atoms with E-state index in [9.17, 15) is 9.59 Å². The highest BCUT2D eigenvalue weighted by molar-refractivity contribution is 6.82. The van der Waals surface area contributed by atoms with Crippen LogP contribution in [0.5, 0.6) is 0 Å². The lowest BCUT2D eigenvalue weighted by molar-refractivity contribution is -0.108. The van der Waals surface area contributed by atoms with Gasteiger partial charge in [0.15, 0.2) is 5.76 Å². The van der Waals surface area contributed by atoms with Crippen LogP contribution < -0.4 is 0 Å². The van der Waals surface area contributed by atoms with Crippen LogP contribution in [0.1, 0.15) is 23.2 Å². The lowest BCUT2D eigenvalue weighted by atomic mass is 10.3. The molecule has 68 valence electrons. The molecular formula is C9H7ClO3. The maximum atomic E-state index is 11.0. The molecule has 4 heteroatoms. The number of hydrogen-bond donors (Lipinski definition) is 0. The van der Waals surface area contributed by atoms with E-state index in [4.69, 9.17) is 16.0 Å². The van der Waals surface area contributed by atoms with Crippen molar-refractivity contribution in [1.82, 2.24) is 0 Å². The predicted octanol–water partition coefficient (Wildman–Crippen LogP) is 2.26. The molecule has 0 unspecified atom stereocenters. The number of furan rings is 1. The van der Waals surface area contributed by atoms with Crippen molar-refractivity contribution >= 4 is 28.7 Å². The van der Waals surface area contributed by atoms with Gasteiger partial charge in [-0.05, 0) is 36.7 Å². The molecule has 1 heterocycles. The number of halogens is 1. The van der Waals surface area contributed by atoms with E-state index in [1.165, 1.54) is 6.07 Å². The number of carbonyl (C=O) groups is 2. The molecule has 3 nitrogen and oxygen atoms in total. The van der Waals surface area contributed by atoms with Gasteiger partial charge in [0.25, 0.3) is 11.0 Å². The van der Waals surface area contributed by atoms with Crippen LogP contribution in [0.3, 0.4) is 0 Å². The second kappa shape index (κ2) is 4.05. The fraction of sp³-hybridized carbons (Fsp3) is 0.111. The minimum absolute atomic E-state index is 0.0342. The Morgan fingerprint density at radius 2 is 2.15 bits per heavy atom. The van der Waals surface area contributed by atoms with Gasteiger partial charge in [-0.2, -0.15) is 0 Å². The van der Waals surface area contributed by atoms with E-state index < -0.39 is 11.0 Å². The Balaban J connectivity index is 2.92. The predicted molar refractivity (Wildman–Crippen MR) is 48.6 cm³/mol. The molecule has 0 aliphatic heterocycles. The van der Waals surface area contributed by atoms with Gasteiger partial charge < -0.3 is 4.42 Å². The highest BCUT2D eigenvalue weighted by Gasteiger charge is 2.16. The Morgan fingerprint density at radius 3 is 2.69 bits per heavy atom. The zero-order valence-electron chi connectivity index (χ0n) is 6.91. The second-order valence-electron chi connectivity index (χ2n) is 2.30. The van der Waals surface area contributed by atoms with Gasteiger partial charge in [0, 0.05) is 0 Å². The first kappa shape index (κ1) is 9.74. The summed E-state index contributed by atoms with van der Waals surface area (Å²) in [5, 5.41) is -1.04. The topological polar surface area (TPSA) is 47.3 Å². The van der Waals surface area contributed by atoms with E-state index in [1.807, 2.05) is 6.92 Å². The Kier molecular flexibility index (Phi) is 3.03. The van der Waals surface area contributed by atoms with Gasteiger partial charge in [-0.15, -0.1) is 0 Å². The maximum Gasteiger partial charge on any atom is 0.296 e. The van der Waals surface area contributed by atoms with Crippen molar-refractivity contribution in [2.24, 2.45) is 0 Å². The van der Waals surface area contributed by atoms with E-state index in [0.29, 0.717) is 5.76 Å². The van der Waals surface area contributed by atoms with E-state index in [-0.39, 0.29) is 5.76 Å². The first-order chi connectivity index (χ1) is 6.15. The highest BCUT2D eigenvalue weighted by atomic mass is 35.5. The monoisotopic (exact) mass is 198 g/mol. The molecule has 0 aliphatic rings. The molecule has 0 spiro atoms. The van der Waals surface area contributed by atoms with Gasteiger partial charge in [0.05, 0.1) is 0 Å². The molecule has 0 aliphatic carbocycles. The molecule has 0 amide bonds. The van der Waals surface area contributed by atoms with Gasteiger partial charge in [0.1, 0.15) is 5.76 Å². The third kappa shape index (κ3) is 2.29. The number of Topliss-reactive ketones (excluding diaryl/α,β-unsaturated/α-hetero) is 1. The quantitative estimate of drug-likeness (QED) is 0.425. The maximum absolute atomic E-state index is 11.0. The minimum atomic E-state index is -1.04. The van der Waals surface area contributed by atoms with Crippen LogP contribution in [0.4, 0.5) is 0 Å². The summed E-state index contributed by atoms with van der Waals surface area (Å²) in [6.45, 7) is 1.82. The largest absolute Gasteiger partial charge is 0.453 e. The lowest BCUT2D eigenvalue weighted by Gasteiger charge is -1.87. The van der Waals surface area contributed by atoms with Crippen molar-refractivity contribution in [3.05, 3.63) is 29.7 Å². The molecule has 1 aromatic heterocycles. The van der Waals surface area contributed by atoms with Crippen LogP contribution in [-0.2, 0) is 4.79 Å². The average molecular weight is 199 g/mol. The Labute approximate surface area is 80.0 Å². The van der Waals surface area contributed by atoms with Gasteiger partial charge in [-0.25, -0.2) is 0 Å². The van der Waals surface area contributed by atoms with Crippen LogP contribution in [0.2, 0.25) is 0 Å². The summed E-state index contributed by atoms with van der Waals surface area (Å²) in [5.74, 6) is -0.339. The van der Waals surface area contributed by atoms with E-state index in [0.717, 1.165) is 0 Å². The smallest absolute Gasteiger partial charge is 0.296 e. The molecule has 0 saturated carbocycles. The number of carbonyl (C=O) groups excluding carboxylic acids is 2. The van der Waals surface area contributed by atoms with Crippen LogP contribution in [0.25, 0.3) is 6.08 Å². The van der Waals surface area contributed by atoms with Gasteiger partial charge >= 0.3 is 0 Å². The molecule has 1 aromatic rings. The zero-order chi connectivity index (χ0) is 9.84. The molecule has 0 atom stereocenters. The molecule has 0 radical (unpaired) electrons. The van der Waals surface area contributed by atoms with Gasteiger partial charge in [-0.1, -0.05) is 6.08 Å². The fourth-order valence-corrected chi connectivity index (χ4v) is 0.919. The number of rotatable bonds is 3. The van der Waals surface area contributed by atoms with E-state index in [1.54, 1.807) is 18.2 Å². The summed E-state index contributed by atoms with van der Waals surface area (Å²) in [6, 6.07) is 3.00.